The second-order valence-electron chi connectivity index (χ2n) is 6.73. The summed E-state index contributed by atoms with van der Waals surface area (Å²) in [5.41, 5.74) is 1.16. The molecule has 1 amide bonds. The molecule has 0 aromatic heterocycles. The topological polar surface area (TPSA) is 60.9 Å². The van der Waals surface area contributed by atoms with Crippen molar-refractivity contribution in [3.63, 3.8) is 0 Å². The van der Waals surface area contributed by atoms with Crippen LogP contribution in [0, 0.1) is 0 Å². The Hall–Kier alpha value is -1.44. The molecule has 2 fully saturated rings. The van der Waals surface area contributed by atoms with Crippen molar-refractivity contribution in [1.82, 2.24) is 13.5 Å². The molecule has 2 aliphatic rings. The molecule has 0 atom stereocenters. The van der Waals surface area contributed by atoms with E-state index in [-0.39, 0.29) is 5.91 Å². The Balaban J connectivity index is 1.53. The van der Waals surface area contributed by atoms with Crippen molar-refractivity contribution in [2.45, 2.75) is 32.1 Å². The van der Waals surface area contributed by atoms with Gasteiger partial charge in [-0.15, -0.1) is 0 Å². The molecule has 2 heterocycles. The van der Waals surface area contributed by atoms with E-state index in [1.165, 1.54) is 0 Å². The highest BCUT2D eigenvalue weighted by Crippen LogP contribution is 2.18. The van der Waals surface area contributed by atoms with Gasteiger partial charge in [0.2, 0.25) is 5.91 Å². The van der Waals surface area contributed by atoms with Crippen LogP contribution in [-0.2, 0) is 21.4 Å². The highest BCUT2D eigenvalue weighted by atomic mass is 32.2. The second-order valence-corrected chi connectivity index (χ2v) is 8.66. The number of amides is 1. The van der Waals surface area contributed by atoms with Gasteiger partial charge < -0.3 is 4.90 Å². The summed E-state index contributed by atoms with van der Waals surface area (Å²) in [6.07, 6.45) is 3.79. The summed E-state index contributed by atoms with van der Waals surface area (Å²) < 4.78 is 28.5. The number of rotatable bonds is 5. The minimum absolute atomic E-state index is 0.115. The van der Waals surface area contributed by atoms with Crippen LogP contribution in [0.5, 0.6) is 0 Å². The third-order valence-electron chi connectivity index (χ3n) is 5.00. The Morgan fingerprint density at radius 1 is 0.840 bits per heavy atom. The molecule has 0 radical (unpaired) electrons. The summed E-state index contributed by atoms with van der Waals surface area (Å²) in [6.45, 7) is 3.27. The molecule has 1 aromatic carbocycles. The predicted octanol–water partition coefficient (Wildman–Crippen LogP) is 1.49. The molecule has 0 saturated carbocycles. The Labute approximate surface area is 150 Å². The number of benzene rings is 1. The third-order valence-corrected chi connectivity index (χ3v) is 7.03. The van der Waals surface area contributed by atoms with Crippen LogP contribution in [-0.4, -0.2) is 67.1 Å². The molecular weight excluding hydrogens is 338 g/mol. The van der Waals surface area contributed by atoms with Crippen molar-refractivity contribution in [1.29, 1.82) is 0 Å². The molecular formula is C18H27N3O3S. The molecule has 25 heavy (non-hydrogen) atoms. The van der Waals surface area contributed by atoms with Gasteiger partial charge >= 0.3 is 0 Å². The van der Waals surface area contributed by atoms with Crippen LogP contribution in [0.1, 0.15) is 31.2 Å². The van der Waals surface area contributed by atoms with Gasteiger partial charge in [0.1, 0.15) is 0 Å². The van der Waals surface area contributed by atoms with Crippen molar-refractivity contribution >= 4 is 16.1 Å². The van der Waals surface area contributed by atoms with Crippen molar-refractivity contribution in [2.75, 3.05) is 39.3 Å². The Morgan fingerprint density at radius 3 is 2.20 bits per heavy atom. The van der Waals surface area contributed by atoms with Crippen molar-refractivity contribution in [3.05, 3.63) is 35.9 Å². The van der Waals surface area contributed by atoms with Gasteiger partial charge in [-0.25, -0.2) is 0 Å². The van der Waals surface area contributed by atoms with Crippen LogP contribution in [0.2, 0.25) is 0 Å². The van der Waals surface area contributed by atoms with Gasteiger partial charge in [0.15, 0.2) is 0 Å². The predicted molar refractivity (Wildman–Crippen MR) is 97.3 cm³/mol. The van der Waals surface area contributed by atoms with E-state index in [0.717, 1.165) is 24.8 Å². The minimum Gasteiger partial charge on any atom is -0.341 e. The van der Waals surface area contributed by atoms with E-state index < -0.39 is 10.2 Å². The normalized spacial score (nSPS) is 20.6. The highest BCUT2D eigenvalue weighted by molar-refractivity contribution is 7.86. The van der Waals surface area contributed by atoms with Gasteiger partial charge in [-0.1, -0.05) is 30.3 Å². The van der Waals surface area contributed by atoms with Gasteiger partial charge in [-0.05, 0) is 31.2 Å². The van der Waals surface area contributed by atoms with Crippen LogP contribution in [0.4, 0.5) is 0 Å². The lowest BCUT2D eigenvalue weighted by atomic mass is 10.1. The largest absolute Gasteiger partial charge is 0.341 e. The molecule has 0 bridgehead atoms. The number of hydrogen-bond acceptors (Lipinski definition) is 3. The van der Waals surface area contributed by atoms with Gasteiger partial charge in [-0.3, -0.25) is 4.79 Å². The van der Waals surface area contributed by atoms with E-state index in [4.69, 9.17) is 0 Å². The van der Waals surface area contributed by atoms with Crippen molar-refractivity contribution < 1.29 is 13.2 Å². The quantitative estimate of drug-likeness (QED) is 0.794. The fraction of sp³-hybridized carbons (Fsp3) is 0.611. The first-order chi connectivity index (χ1) is 12.1. The van der Waals surface area contributed by atoms with Crippen LogP contribution in [0.3, 0.4) is 0 Å². The van der Waals surface area contributed by atoms with Gasteiger partial charge in [0.05, 0.1) is 0 Å². The molecule has 0 N–H and O–H groups in total. The summed E-state index contributed by atoms with van der Waals surface area (Å²) in [7, 11) is -3.36. The Bertz CT molecular complexity index is 672. The molecule has 2 saturated heterocycles. The van der Waals surface area contributed by atoms with Crippen LogP contribution < -0.4 is 0 Å². The van der Waals surface area contributed by atoms with Gasteiger partial charge in [-0.2, -0.15) is 17.0 Å². The summed E-state index contributed by atoms with van der Waals surface area (Å²) in [5.74, 6) is 0.115. The summed E-state index contributed by atoms with van der Waals surface area (Å²) in [6, 6.07) is 9.98. The summed E-state index contributed by atoms with van der Waals surface area (Å²) in [5, 5.41) is 0. The fourth-order valence-electron chi connectivity index (χ4n) is 3.51. The summed E-state index contributed by atoms with van der Waals surface area (Å²) >= 11 is 0. The lowest BCUT2D eigenvalue weighted by Crippen LogP contribution is -2.44. The minimum atomic E-state index is -3.36. The van der Waals surface area contributed by atoms with E-state index >= 15 is 0 Å². The molecule has 7 heteroatoms. The number of carbonyl (C=O) groups is 1. The van der Waals surface area contributed by atoms with Crippen molar-refractivity contribution in [3.8, 4) is 0 Å². The first-order valence-electron chi connectivity index (χ1n) is 9.14. The molecule has 3 rings (SSSR count). The van der Waals surface area contributed by atoms with E-state index in [1.54, 1.807) is 8.61 Å². The van der Waals surface area contributed by atoms with Crippen LogP contribution >= 0.6 is 0 Å². The molecule has 138 valence electrons. The molecule has 6 nitrogen and oxygen atoms in total. The number of nitrogens with zero attached hydrogens (tertiary/aromatic N) is 3. The number of hydrogen-bond donors (Lipinski definition) is 0. The number of carbonyl (C=O) groups excluding carboxylic acids is 1. The van der Waals surface area contributed by atoms with Crippen molar-refractivity contribution in [2.24, 2.45) is 0 Å². The Kier molecular flexibility index (Phi) is 6.09. The maximum Gasteiger partial charge on any atom is 0.282 e. The van der Waals surface area contributed by atoms with Gasteiger partial charge in [0.25, 0.3) is 10.2 Å². The Morgan fingerprint density at radius 2 is 1.48 bits per heavy atom. The third kappa shape index (κ3) is 4.59. The van der Waals surface area contributed by atoms with E-state index in [1.807, 2.05) is 35.2 Å². The average Bonchev–Trinajstić information content (AvgIpc) is 3.06. The van der Waals surface area contributed by atoms with E-state index in [0.29, 0.717) is 52.1 Å². The molecule has 2 aliphatic heterocycles. The second kappa shape index (κ2) is 8.29. The zero-order chi connectivity index (χ0) is 17.7. The van der Waals surface area contributed by atoms with E-state index in [9.17, 15) is 13.2 Å². The first kappa shape index (κ1) is 18.4. The number of aryl methyl sites for hydroxylation is 1. The SMILES string of the molecule is O=C(CCc1ccccc1)N1CCCN(S(=O)(=O)N2CCCC2)CC1. The lowest BCUT2D eigenvalue weighted by Gasteiger charge is -2.26. The lowest BCUT2D eigenvalue weighted by molar-refractivity contribution is -0.131. The molecule has 1 aromatic rings. The maximum absolute atomic E-state index is 12.7. The van der Waals surface area contributed by atoms with Crippen LogP contribution in [0.15, 0.2) is 30.3 Å². The summed E-state index contributed by atoms with van der Waals surface area (Å²) in [4.78, 5) is 14.3. The monoisotopic (exact) mass is 365 g/mol. The average molecular weight is 365 g/mol. The zero-order valence-corrected chi connectivity index (χ0v) is 15.5. The molecule has 0 spiro atoms. The van der Waals surface area contributed by atoms with Gasteiger partial charge in [0, 0.05) is 45.7 Å². The zero-order valence-electron chi connectivity index (χ0n) is 14.6. The highest BCUT2D eigenvalue weighted by Gasteiger charge is 2.33. The fourth-order valence-corrected chi connectivity index (χ4v) is 5.23. The smallest absolute Gasteiger partial charge is 0.282 e. The maximum atomic E-state index is 12.7. The molecule has 0 aliphatic carbocycles. The first-order valence-corrected chi connectivity index (χ1v) is 10.5. The molecule has 0 unspecified atom stereocenters. The standard InChI is InChI=1S/C18H27N3O3S/c22-18(10-9-17-7-2-1-3-8-17)19-11-6-14-21(16-15-19)25(23,24)20-12-4-5-13-20/h1-3,7-8H,4-6,9-16H2. The van der Waals surface area contributed by atoms with Crippen LogP contribution in [0.25, 0.3) is 0 Å². The van der Waals surface area contributed by atoms with E-state index in [2.05, 4.69) is 0 Å².